The third kappa shape index (κ3) is 3.67. The number of fused-ring (bicyclic) bond motifs is 1. The Hall–Kier alpha value is -1.68. The Kier molecular flexibility index (Phi) is 4.23. The highest BCUT2D eigenvalue weighted by atomic mass is 79.9. The fourth-order valence-electron chi connectivity index (χ4n) is 1.67. The normalized spacial score (nSPS) is 12.5. The lowest BCUT2D eigenvalue weighted by atomic mass is 10.1. The number of nitrogens with zero attached hydrogens (tertiary/aromatic N) is 1. The highest BCUT2D eigenvalue weighted by Crippen LogP contribution is 2.17. The van der Waals surface area contributed by atoms with E-state index in [4.69, 9.17) is 4.84 Å². The number of benzene rings is 2. The van der Waals surface area contributed by atoms with Gasteiger partial charge in [0.05, 0.1) is 0 Å². The standard InChI is InChI=1S/C16H16BrNO2/c1-16(2,3)20-18-15(17)14(19)13-9-8-11-6-4-5-7-12(11)10-13/h4-10H,1-3H3/b18-15-. The minimum atomic E-state index is -0.428. The van der Waals surface area contributed by atoms with Gasteiger partial charge in [0.15, 0.2) is 4.62 Å². The third-order valence-corrected chi connectivity index (χ3v) is 3.10. The summed E-state index contributed by atoms with van der Waals surface area (Å²) in [4.78, 5) is 17.5. The smallest absolute Gasteiger partial charge is 0.221 e. The average Bonchev–Trinajstić information content (AvgIpc) is 2.42. The number of ketones is 1. The summed E-state index contributed by atoms with van der Waals surface area (Å²) in [7, 11) is 0. The molecular formula is C16H16BrNO2. The predicted molar refractivity (Wildman–Crippen MR) is 85.5 cm³/mol. The van der Waals surface area contributed by atoms with E-state index in [1.165, 1.54) is 0 Å². The quantitative estimate of drug-likeness (QED) is 0.469. The number of oxime groups is 1. The topological polar surface area (TPSA) is 38.7 Å². The zero-order valence-electron chi connectivity index (χ0n) is 11.7. The van der Waals surface area contributed by atoms with E-state index >= 15 is 0 Å². The molecule has 0 bridgehead atoms. The predicted octanol–water partition coefficient (Wildman–Crippen LogP) is 4.55. The first-order valence-corrected chi connectivity index (χ1v) is 7.11. The van der Waals surface area contributed by atoms with Gasteiger partial charge in [0.2, 0.25) is 5.78 Å². The molecule has 0 saturated heterocycles. The van der Waals surface area contributed by atoms with E-state index in [-0.39, 0.29) is 10.4 Å². The largest absolute Gasteiger partial charge is 0.389 e. The molecule has 0 unspecified atom stereocenters. The molecule has 0 fully saturated rings. The van der Waals surface area contributed by atoms with Crippen LogP contribution < -0.4 is 0 Å². The van der Waals surface area contributed by atoms with Crippen molar-refractivity contribution in [2.24, 2.45) is 5.16 Å². The number of halogens is 1. The summed E-state index contributed by atoms with van der Waals surface area (Å²) in [5, 5.41) is 5.96. The van der Waals surface area contributed by atoms with Gasteiger partial charge in [-0.1, -0.05) is 41.6 Å². The van der Waals surface area contributed by atoms with E-state index in [9.17, 15) is 4.79 Å². The number of hydrogen-bond acceptors (Lipinski definition) is 3. The Bertz CT molecular complexity index is 671. The lowest BCUT2D eigenvalue weighted by Crippen LogP contribution is -2.18. The molecule has 104 valence electrons. The van der Waals surface area contributed by atoms with E-state index in [1.54, 1.807) is 6.07 Å². The Morgan fingerprint density at radius 1 is 1.10 bits per heavy atom. The van der Waals surface area contributed by atoms with Crippen molar-refractivity contribution in [2.45, 2.75) is 26.4 Å². The van der Waals surface area contributed by atoms with Gasteiger partial charge >= 0.3 is 0 Å². The molecule has 2 rings (SSSR count). The van der Waals surface area contributed by atoms with Crippen molar-refractivity contribution in [3.05, 3.63) is 48.0 Å². The van der Waals surface area contributed by atoms with Crippen molar-refractivity contribution < 1.29 is 9.63 Å². The maximum Gasteiger partial charge on any atom is 0.221 e. The first-order valence-electron chi connectivity index (χ1n) is 6.32. The van der Waals surface area contributed by atoms with Gasteiger partial charge in [-0.15, -0.1) is 0 Å². The van der Waals surface area contributed by atoms with Crippen LogP contribution in [-0.2, 0) is 4.84 Å². The van der Waals surface area contributed by atoms with Crippen LogP contribution >= 0.6 is 15.9 Å². The minimum Gasteiger partial charge on any atom is -0.389 e. The monoisotopic (exact) mass is 333 g/mol. The fourth-order valence-corrected chi connectivity index (χ4v) is 1.97. The van der Waals surface area contributed by atoms with Gasteiger partial charge in [-0.3, -0.25) is 4.79 Å². The molecule has 0 heterocycles. The Morgan fingerprint density at radius 2 is 1.75 bits per heavy atom. The summed E-state index contributed by atoms with van der Waals surface area (Å²) in [5.41, 5.74) is 0.153. The lowest BCUT2D eigenvalue weighted by molar-refractivity contribution is 0.00156. The fraction of sp³-hybridized carbons (Fsp3) is 0.250. The summed E-state index contributed by atoms with van der Waals surface area (Å²) < 4.78 is 0.169. The summed E-state index contributed by atoms with van der Waals surface area (Å²) >= 11 is 3.17. The molecule has 0 spiro atoms. The maximum atomic E-state index is 12.2. The average molecular weight is 334 g/mol. The first kappa shape index (κ1) is 14.7. The van der Waals surface area contributed by atoms with Crippen LogP contribution in [0.4, 0.5) is 0 Å². The summed E-state index contributed by atoms with van der Waals surface area (Å²) in [6, 6.07) is 13.5. The molecule has 3 nitrogen and oxygen atoms in total. The Labute approximate surface area is 126 Å². The van der Waals surface area contributed by atoms with Gasteiger partial charge in [0.25, 0.3) is 0 Å². The molecule has 20 heavy (non-hydrogen) atoms. The van der Waals surface area contributed by atoms with E-state index in [1.807, 2.05) is 57.2 Å². The van der Waals surface area contributed by atoms with Crippen LogP contribution in [0.2, 0.25) is 0 Å². The van der Waals surface area contributed by atoms with Crippen LogP contribution in [0.5, 0.6) is 0 Å². The molecule has 4 heteroatoms. The molecular weight excluding hydrogens is 318 g/mol. The van der Waals surface area contributed by atoms with Crippen molar-refractivity contribution in [2.75, 3.05) is 0 Å². The SMILES string of the molecule is CC(C)(C)O/N=C(\Br)C(=O)c1ccc2ccccc2c1. The van der Waals surface area contributed by atoms with Crippen LogP contribution in [0, 0.1) is 0 Å². The zero-order chi connectivity index (χ0) is 14.8. The van der Waals surface area contributed by atoms with E-state index < -0.39 is 5.60 Å². The van der Waals surface area contributed by atoms with Crippen LogP contribution in [-0.4, -0.2) is 16.0 Å². The molecule has 0 saturated carbocycles. The van der Waals surface area contributed by atoms with Gasteiger partial charge in [0, 0.05) is 5.56 Å². The van der Waals surface area contributed by atoms with Crippen molar-refractivity contribution >= 4 is 37.1 Å². The van der Waals surface area contributed by atoms with E-state index in [0.717, 1.165) is 10.8 Å². The summed E-state index contributed by atoms with van der Waals surface area (Å²) in [5.74, 6) is -0.194. The van der Waals surface area contributed by atoms with Gasteiger partial charge in [0.1, 0.15) is 5.60 Å². The van der Waals surface area contributed by atoms with E-state index in [0.29, 0.717) is 5.56 Å². The van der Waals surface area contributed by atoms with Gasteiger partial charge in [-0.05, 0) is 53.5 Å². The molecule has 2 aromatic rings. The molecule has 0 aliphatic carbocycles. The molecule has 0 aliphatic heterocycles. The number of hydrogen-bond donors (Lipinski definition) is 0. The molecule has 0 radical (unpaired) electrons. The highest BCUT2D eigenvalue weighted by molar-refractivity contribution is 9.19. The second-order valence-corrected chi connectivity index (χ2v) is 6.23. The van der Waals surface area contributed by atoms with Crippen molar-refractivity contribution in [1.29, 1.82) is 0 Å². The first-order chi connectivity index (χ1) is 9.37. The molecule has 2 aromatic carbocycles. The maximum absolute atomic E-state index is 12.2. The molecule has 0 amide bonds. The van der Waals surface area contributed by atoms with Crippen molar-refractivity contribution in [3.63, 3.8) is 0 Å². The van der Waals surface area contributed by atoms with Crippen LogP contribution in [0.3, 0.4) is 0 Å². The number of carbonyl (C=O) groups is 1. The zero-order valence-corrected chi connectivity index (χ0v) is 13.3. The molecule has 0 N–H and O–H groups in total. The number of carbonyl (C=O) groups excluding carboxylic acids is 1. The molecule has 0 aromatic heterocycles. The molecule has 0 aliphatic rings. The highest BCUT2D eigenvalue weighted by Gasteiger charge is 2.15. The Morgan fingerprint density at radius 3 is 2.40 bits per heavy atom. The van der Waals surface area contributed by atoms with Crippen LogP contribution in [0.1, 0.15) is 31.1 Å². The van der Waals surface area contributed by atoms with Crippen molar-refractivity contribution in [3.8, 4) is 0 Å². The van der Waals surface area contributed by atoms with Gasteiger partial charge in [-0.2, -0.15) is 0 Å². The third-order valence-electron chi connectivity index (χ3n) is 2.60. The number of rotatable bonds is 3. The van der Waals surface area contributed by atoms with E-state index in [2.05, 4.69) is 21.1 Å². The number of Topliss-reactive ketones (excluding diaryl/α,β-unsaturated/α-hetero) is 1. The minimum absolute atomic E-state index is 0.169. The molecule has 0 atom stereocenters. The van der Waals surface area contributed by atoms with Crippen LogP contribution in [0.25, 0.3) is 10.8 Å². The van der Waals surface area contributed by atoms with Crippen LogP contribution in [0.15, 0.2) is 47.6 Å². The van der Waals surface area contributed by atoms with Gasteiger partial charge in [-0.25, -0.2) is 0 Å². The van der Waals surface area contributed by atoms with Gasteiger partial charge < -0.3 is 4.84 Å². The lowest BCUT2D eigenvalue weighted by Gasteiger charge is -2.15. The Balaban J connectivity index is 2.27. The second-order valence-electron chi connectivity index (χ2n) is 5.48. The second kappa shape index (κ2) is 5.75. The summed E-state index contributed by atoms with van der Waals surface area (Å²) in [6.45, 7) is 5.62. The van der Waals surface area contributed by atoms with Crippen molar-refractivity contribution in [1.82, 2.24) is 0 Å². The summed E-state index contributed by atoms with van der Waals surface area (Å²) in [6.07, 6.45) is 0.